The number of rotatable bonds is 5. The van der Waals surface area contributed by atoms with Crippen LogP contribution >= 0.6 is 0 Å². The molecule has 1 unspecified atom stereocenters. The first-order valence-electron chi connectivity index (χ1n) is 4.36. The van der Waals surface area contributed by atoms with E-state index in [4.69, 9.17) is 5.26 Å². The van der Waals surface area contributed by atoms with Crippen LogP contribution in [0.1, 0.15) is 27.2 Å². The molecule has 0 amide bonds. The Balaban J connectivity index is 3.44. The molecule has 64 valence electrons. The van der Waals surface area contributed by atoms with Crippen molar-refractivity contribution >= 4 is 0 Å². The maximum atomic E-state index is 8.52. The molecule has 0 bridgehead atoms. The molecule has 0 heterocycles. The number of nitrogens with zero attached hydrogens (tertiary/aromatic N) is 2. The summed E-state index contributed by atoms with van der Waals surface area (Å²) in [4.78, 5) is 2.34. The normalized spacial score (nSPS) is 13.0. The molecular weight excluding hydrogens is 136 g/mol. The smallest absolute Gasteiger partial charge is 0.0653 e. The molecule has 11 heavy (non-hydrogen) atoms. The van der Waals surface area contributed by atoms with Crippen molar-refractivity contribution in [1.82, 2.24) is 4.90 Å². The highest BCUT2D eigenvalue weighted by atomic mass is 15.1. The summed E-state index contributed by atoms with van der Waals surface area (Å²) in [5, 5.41) is 8.52. The average Bonchev–Trinajstić information content (AvgIpc) is 2.06. The van der Waals surface area contributed by atoms with Crippen LogP contribution in [0.4, 0.5) is 0 Å². The zero-order valence-corrected chi connectivity index (χ0v) is 7.80. The molecule has 0 radical (unpaired) electrons. The molecule has 0 aromatic carbocycles. The SMILES string of the molecule is CCN(CC)CCC(C)C#N. The van der Waals surface area contributed by atoms with Crippen LogP contribution < -0.4 is 0 Å². The number of nitriles is 1. The van der Waals surface area contributed by atoms with Crippen molar-refractivity contribution in [3.8, 4) is 6.07 Å². The second-order valence-corrected chi connectivity index (χ2v) is 2.85. The molecule has 0 saturated heterocycles. The fourth-order valence-corrected chi connectivity index (χ4v) is 0.981. The van der Waals surface area contributed by atoms with Gasteiger partial charge in [0.05, 0.1) is 6.07 Å². The van der Waals surface area contributed by atoms with Gasteiger partial charge in [-0.3, -0.25) is 0 Å². The molecule has 2 nitrogen and oxygen atoms in total. The van der Waals surface area contributed by atoms with Crippen LogP contribution in [-0.2, 0) is 0 Å². The Hall–Kier alpha value is -0.550. The molecular formula is C9H18N2. The van der Waals surface area contributed by atoms with Gasteiger partial charge in [-0.15, -0.1) is 0 Å². The standard InChI is InChI=1S/C9H18N2/c1-4-11(5-2)7-6-9(3)8-10/h9H,4-7H2,1-3H3. The summed E-state index contributed by atoms with van der Waals surface area (Å²) in [6.07, 6.45) is 0.998. The summed E-state index contributed by atoms with van der Waals surface area (Å²) >= 11 is 0. The fourth-order valence-electron chi connectivity index (χ4n) is 0.981. The fraction of sp³-hybridized carbons (Fsp3) is 0.889. The van der Waals surface area contributed by atoms with E-state index in [0.29, 0.717) is 0 Å². The largest absolute Gasteiger partial charge is 0.304 e. The van der Waals surface area contributed by atoms with E-state index in [2.05, 4.69) is 24.8 Å². The van der Waals surface area contributed by atoms with Crippen LogP contribution in [0.5, 0.6) is 0 Å². The van der Waals surface area contributed by atoms with Crippen molar-refractivity contribution in [2.45, 2.75) is 27.2 Å². The van der Waals surface area contributed by atoms with Crippen molar-refractivity contribution in [3.05, 3.63) is 0 Å². The summed E-state index contributed by atoms with van der Waals surface area (Å²) in [6.45, 7) is 9.52. The summed E-state index contributed by atoms with van der Waals surface area (Å²) < 4.78 is 0. The highest BCUT2D eigenvalue weighted by Gasteiger charge is 2.02. The van der Waals surface area contributed by atoms with Crippen molar-refractivity contribution in [2.24, 2.45) is 5.92 Å². The maximum Gasteiger partial charge on any atom is 0.0653 e. The first-order valence-corrected chi connectivity index (χ1v) is 4.36. The van der Waals surface area contributed by atoms with Crippen LogP contribution in [-0.4, -0.2) is 24.5 Å². The van der Waals surface area contributed by atoms with Gasteiger partial charge >= 0.3 is 0 Å². The zero-order valence-electron chi connectivity index (χ0n) is 7.80. The lowest BCUT2D eigenvalue weighted by atomic mass is 10.1. The van der Waals surface area contributed by atoms with Gasteiger partial charge in [0.2, 0.25) is 0 Å². The minimum atomic E-state index is 0.204. The quantitative estimate of drug-likeness (QED) is 0.604. The summed E-state index contributed by atoms with van der Waals surface area (Å²) in [5.74, 6) is 0.204. The van der Waals surface area contributed by atoms with Gasteiger partial charge in [0.15, 0.2) is 0 Å². The summed E-state index contributed by atoms with van der Waals surface area (Å²) in [5.41, 5.74) is 0. The molecule has 0 aliphatic carbocycles. The van der Waals surface area contributed by atoms with Crippen LogP contribution in [0.25, 0.3) is 0 Å². The highest BCUT2D eigenvalue weighted by Crippen LogP contribution is 2.01. The Bertz CT molecular complexity index is 122. The van der Waals surface area contributed by atoms with Crippen LogP contribution in [0.15, 0.2) is 0 Å². The molecule has 0 fully saturated rings. The second-order valence-electron chi connectivity index (χ2n) is 2.85. The van der Waals surface area contributed by atoms with E-state index in [1.54, 1.807) is 0 Å². The third kappa shape index (κ3) is 4.80. The summed E-state index contributed by atoms with van der Waals surface area (Å²) in [6, 6.07) is 2.24. The van der Waals surface area contributed by atoms with Gasteiger partial charge < -0.3 is 4.90 Å². The first kappa shape index (κ1) is 10.4. The Labute approximate surface area is 69.8 Å². The van der Waals surface area contributed by atoms with Gasteiger partial charge in [-0.2, -0.15) is 5.26 Å². The molecule has 2 heteroatoms. The molecule has 0 aromatic heterocycles. The van der Waals surface area contributed by atoms with E-state index in [9.17, 15) is 0 Å². The van der Waals surface area contributed by atoms with Gasteiger partial charge in [0.1, 0.15) is 0 Å². The maximum absolute atomic E-state index is 8.52. The van der Waals surface area contributed by atoms with Crippen LogP contribution in [0, 0.1) is 17.2 Å². The monoisotopic (exact) mass is 154 g/mol. The first-order chi connectivity index (χ1) is 5.24. The molecule has 0 aliphatic rings. The number of hydrogen-bond donors (Lipinski definition) is 0. The van der Waals surface area contributed by atoms with E-state index < -0.39 is 0 Å². The molecule has 0 saturated carbocycles. The van der Waals surface area contributed by atoms with E-state index in [-0.39, 0.29) is 5.92 Å². The predicted molar refractivity (Wildman–Crippen MR) is 47.2 cm³/mol. The van der Waals surface area contributed by atoms with Gasteiger partial charge in [0, 0.05) is 5.92 Å². The average molecular weight is 154 g/mol. The molecule has 0 aliphatic heterocycles. The highest BCUT2D eigenvalue weighted by molar-refractivity contribution is 4.78. The molecule has 1 atom stereocenters. The lowest BCUT2D eigenvalue weighted by Crippen LogP contribution is -2.25. The van der Waals surface area contributed by atoms with Gasteiger partial charge in [-0.05, 0) is 33.0 Å². The van der Waals surface area contributed by atoms with Crippen molar-refractivity contribution in [2.75, 3.05) is 19.6 Å². The molecule has 0 spiro atoms. The molecule has 0 N–H and O–H groups in total. The lowest BCUT2D eigenvalue weighted by molar-refractivity contribution is 0.290. The van der Waals surface area contributed by atoms with Crippen molar-refractivity contribution in [3.63, 3.8) is 0 Å². The van der Waals surface area contributed by atoms with E-state index in [0.717, 1.165) is 26.1 Å². The van der Waals surface area contributed by atoms with Crippen molar-refractivity contribution < 1.29 is 0 Å². The number of hydrogen-bond acceptors (Lipinski definition) is 2. The van der Waals surface area contributed by atoms with Gasteiger partial charge in [-0.25, -0.2) is 0 Å². The van der Waals surface area contributed by atoms with Crippen molar-refractivity contribution in [1.29, 1.82) is 5.26 Å². The predicted octanol–water partition coefficient (Wildman–Crippen LogP) is 1.88. The van der Waals surface area contributed by atoms with Gasteiger partial charge in [-0.1, -0.05) is 13.8 Å². The Morgan fingerprint density at radius 1 is 1.36 bits per heavy atom. The third-order valence-electron chi connectivity index (χ3n) is 1.99. The summed E-state index contributed by atoms with van der Waals surface area (Å²) in [7, 11) is 0. The van der Waals surface area contributed by atoms with Crippen LogP contribution in [0.3, 0.4) is 0 Å². The molecule has 0 aromatic rings. The zero-order chi connectivity index (χ0) is 8.69. The topological polar surface area (TPSA) is 27.0 Å². The Morgan fingerprint density at radius 3 is 2.27 bits per heavy atom. The van der Waals surface area contributed by atoms with E-state index >= 15 is 0 Å². The Morgan fingerprint density at radius 2 is 1.91 bits per heavy atom. The second kappa shape index (κ2) is 6.18. The minimum absolute atomic E-state index is 0.204. The van der Waals surface area contributed by atoms with Crippen LogP contribution in [0.2, 0.25) is 0 Å². The molecule has 0 rings (SSSR count). The van der Waals surface area contributed by atoms with Gasteiger partial charge in [0.25, 0.3) is 0 Å². The van der Waals surface area contributed by atoms with E-state index in [1.165, 1.54) is 0 Å². The Kier molecular flexibility index (Phi) is 5.87. The minimum Gasteiger partial charge on any atom is -0.304 e. The lowest BCUT2D eigenvalue weighted by Gasteiger charge is -2.17. The van der Waals surface area contributed by atoms with E-state index in [1.807, 2.05) is 6.92 Å². The third-order valence-corrected chi connectivity index (χ3v) is 1.99.